The van der Waals surface area contributed by atoms with Gasteiger partial charge in [0.1, 0.15) is 0 Å². The second kappa shape index (κ2) is 9.40. The van der Waals surface area contributed by atoms with Gasteiger partial charge in [-0.2, -0.15) is 0 Å². The lowest BCUT2D eigenvalue weighted by Gasteiger charge is -2.22. The zero-order valence-corrected chi connectivity index (χ0v) is 9.55. The van der Waals surface area contributed by atoms with Gasteiger partial charge in [0, 0.05) is 12.1 Å². The van der Waals surface area contributed by atoms with Crippen LogP contribution in [0, 0.1) is 0 Å². The molecule has 6 N–H and O–H groups in total. The highest BCUT2D eigenvalue weighted by Crippen LogP contribution is 1.91. The van der Waals surface area contributed by atoms with Crippen LogP contribution in [-0.4, -0.2) is 38.3 Å². The monoisotopic (exact) mass is 202 g/mol. The van der Waals surface area contributed by atoms with Crippen LogP contribution in [0.4, 0.5) is 0 Å². The van der Waals surface area contributed by atoms with Gasteiger partial charge in [0.05, 0.1) is 0 Å². The molecule has 0 saturated carbocycles. The van der Waals surface area contributed by atoms with Gasteiger partial charge in [-0.3, -0.25) is 0 Å². The van der Waals surface area contributed by atoms with E-state index in [1.807, 2.05) is 0 Å². The Balaban J connectivity index is 3.39. The number of rotatable bonds is 9. The SMILES string of the molecule is CC(NCCCN)C(C)NCCCN. The molecular formula is C10H26N4. The maximum atomic E-state index is 5.42. The van der Waals surface area contributed by atoms with Crippen molar-refractivity contribution in [3.8, 4) is 0 Å². The van der Waals surface area contributed by atoms with Crippen molar-refractivity contribution in [3.05, 3.63) is 0 Å². The molecule has 4 heteroatoms. The van der Waals surface area contributed by atoms with Crippen molar-refractivity contribution in [1.82, 2.24) is 10.6 Å². The molecule has 0 aromatic carbocycles. The van der Waals surface area contributed by atoms with E-state index in [1.54, 1.807) is 0 Å². The van der Waals surface area contributed by atoms with Crippen molar-refractivity contribution in [2.45, 2.75) is 38.8 Å². The molecule has 2 atom stereocenters. The molecule has 0 aliphatic heterocycles. The summed E-state index contributed by atoms with van der Waals surface area (Å²) in [4.78, 5) is 0. The number of nitrogens with two attached hydrogens (primary N) is 2. The van der Waals surface area contributed by atoms with Gasteiger partial charge in [0.25, 0.3) is 0 Å². The molecule has 0 aromatic rings. The Kier molecular flexibility index (Phi) is 9.29. The Morgan fingerprint density at radius 3 is 1.50 bits per heavy atom. The quantitative estimate of drug-likeness (QED) is 0.385. The van der Waals surface area contributed by atoms with Gasteiger partial charge in [-0.25, -0.2) is 0 Å². The highest BCUT2D eigenvalue weighted by molar-refractivity contribution is 4.74. The molecule has 0 spiro atoms. The molecule has 86 valence electrons. The Morgan fingerprint density at radius 1 is 0.857 bits per heavy atom. The minimum Gasteiger partial charge on any atom is -0.330 e. The Labute approximate surface area is 87.8 Å². The molecular weight excluding hydrogens is 176 g/mol. The first-order valence-electron chi connectivity index (χ1n) is 5.59. The van der Waals surface area contributed by atoms with Gasteiger partial charge in [-0.15, -0.1) is 0 Å². The second-order valence-electron chi connectivity index (χ2n) is 3.77. The van der Waals surface area contributed by atoms with E-state index in [2.05, 4.69) is 24.5 Å². The van der Waals surface area contributed by atoms with Crippen LogP contribution in [0.2, 0.25) is 0 Å². The van der Waals surface area contributed by atoms with E-state index >= 15 is 0 Å². The van der Waals surface area contributed by atoms with Gasteiger partial charge in [0.15, 0.2) is 0 Å². The van der Waals surface area contributed by atoms with Gasteiger partial charge < -0.3 is 22.1 Å². The molecule has 0 amide bonds. The minimum atomic E-state index is 0.485. The van der Waals surface area contributed by atoms with E-state index in [0.717, 1.165) is 39.0 Å². The van der Waals surface area contributed by atoms with Gasteiger partial charge in [-0.05, 0) is 52.9 Å². The van der Waals surface area contributed by atoms with E-state index in [1.165, 1.54) is 0 Å². The van der Waals surface area contributed by atoms with Crippen LogP contribution in [0.15, 0.2) is 0 Å². The average molecular weight is 202 g/mol. The third-order valence-corrected chi connectivity index (χ3v) is 2.44. The van der Waals surface area contributed by atoms with Crippen LogP contribution >= 0.6 is 0 Å². The van der Waals surface area contributed by atoms with Crippen molar-refractivity contribution in [2.24, 2.45) is 11.5 Å². The van der Waals surface area contributed by atoms with E-state index in [9.17, 15) is 0 Å². The van der Waals surface area contributed by atoms with Crippen LogP contribution in [-0.2, 0) is 0 Å². The maximum absolute atomic E-state index is 5.42. The molecule has 0 aromatic heterocycles. The highest BCUT2D eigenvalue weighted by atomic mass is 15.0. The topological polar surface area (TPSA) is 76.1 Å². The first-order valence-corrected chi connectivity index (χ1v) is 5.59. The molecule has 14 heavy (non-hydrogen) atoms. The zero-order valence-electron chi connectivity index (χ0n) is 9.55. The molecule has 2 unspecified atom stereocenters. The summed E-state index contributed by atoms with van der Waals surface area (Å²) >= 11 is 0. The molecule has 0 aliphatic rings. The number of hydrogen-bond acceptors (Lipinski definition) is 4. The molecule has 0 radical (unpaired) electrons. The lowest BCUT2D eigenvalue weighted by atomic mass is 10.1. The predicted molar refractivity (Wildman–Crippen MR) is 62.3 cm³/mol. The van der Waals surface area contributed by atoms with Gasteiger partial charge >= 0.3 is 0 Å². The summed E-state index contributed by atoms with van der Waals surface area (Å²) in [5.41, 5.74) is 10.8. The molecule has 0 saturated heterocycles. The molecule has 0 rings (SSSR count). The Morgan fingerprint density at radius 2 is 1.21 bits per heavy atom. The van der Waals surface area contributed by atoms with Crippen molar-refractivity contribution in [3.63, 3.8) is 0 Å². The fourth-order valence-electron chi connectivity index (χ4n) is 1.22. The normalized spacial score (nSPS) is 15.4. The summed E-state index contributed by atoms with van der Waals surface area (Å²) in [6, 6.07) is 0.971. The molecule has 4 nitrogen and oxygen atoms in total. The summed E-state index contributed by atoms with van der Waals surface area (Å²) in [6.07, 6.45) is 2.08. The zero-order chi connectivity index (χ0) is 10.8. The lowest BCUT2D eigenvalue weighted by molar-refractivity contribution is 0.407. The third kappa shape index (κ3) is 7.26. The largest absolute Gasteiger partial charge is 0.330 e. The molecule has 0 aliphatic carbocycles. The van der Waals surface area contributed by atoms with Crippen molar-refractivity contribution >= 4 is 0 Å². The number of nitrogens with one attached hydrogen (secondary N) is 2. The van der Waals surface area contributed by atoms with Gasteiger partial charge in [0.2, 0.25) is 0 Å². The molecule has 0 fully saturated rings. The Hall–Kier alpha value is -0.160. The van der Waals surface area contributed by atoms with Crippen molar-refractivity contribution < 1.29 is 0 Å². The molecule has 0 bridgehead atoms. The summed E-state index contributed by atoms with van der Waals surface area (Å²) < 4.78 is 0. The van der Waals surface area contributed by atoms with E-state index in [0.29, 0.717) is 12.1 Å². The first-order chi connectivity index (χ1) is 6.72. The van der Waals surface area contributed by atoms with Crippen LogP contribution in [0.25, 0.3) is 0 Å². The van der Waals surface area contributed by atoms with Gasteiger partial charge in [-0.1, -0.05) is 0 Å². The number of hydrogen-bond donors (Lipinski definition) is 4. The van der Waals surface area contributed by atoms with Crippen LogP contribution < -0.4 is 22.1 Å². The van der Waals surface area contributed by atoms with Crippen molar-refractivity contribution in [2.75, 3.05) is 26.2 Å². The average Bonchev–Trinajstić information content (AvgIpc) is 2.18. The van der Waals surface area contributed by atoms with Crippen LogP contribution in [0.3, 0.4) is 0 Å². The summed E-state index contributed by atoms with van der Waals surface area (Å²) in [6.45, 7) is 7.90. The third-order valence-electron chi connectivity index (χ3n) is 2.44. The Bertz CT molecular complexity index is 105. The lowest BCUT2D eigenvalue weighted by Crippen LogP contribution is -2.45. The van der Waals surface area contributed by atoms with E-state index in [4.69, 9.17) is 11.5 Å². The van der Waals surface area contributed by atoms with Crippen LogP contribution in [0.1, 0.15) is 26.7 Å². The second-order valence-corrected chi connectivity index (χ2v) is 3.77. The highest BCUT2D eigenvalue weighted by Gasteiger charge is 2.09. The first kappa shape index (κ1) is 13.8. The van der Waals surface area contributed by atoms with Crippen LogP contribution in [0.5, 0.6) is 0 Å². The summed E-state index contributed by atoms with van der Waals surface area (Å²) in [7, 11) is 0. The maximum Gasteiger partial charge on any atom is 0.0190 e. The fraction of sp³-hybridized carbons (Fsp3) is 1.00. The fourth-order valence-corrected chi connectivity index (χ4v) is 1.22. The standard InChI is InChI=1S/C10H26N4/c1-9(13-7-3-5-11)10(2)14-8-4-6-12/h9-10,13-14H,3-8,11-12H2,1-2H3. The van der Waals surface area contributed by atoms with E-state index < -0.39 is 0 Å². The molecule has 0 heterocycles. The predicted octanol–water partition coefficient (Wildman–Crippen LogP) is -0.360. The summed E-state index contributed by atoms with van der Waals surface area (Å²) in [5.74, 6) is 0. The summed E-state index contributed by atoms with van der Waals surface area (Å²) in [5, 5.41) is 6.87. The smallest absolute Gasteiger partial charge is 0.0190 e. The minimum absolute atomic E-state index is 0.485. The van der Waals surface area contributed by atoms with Crippen molar-refractivity contribution in [1.29, 1.82) is 0 Å². The van der Waals surface area contributed by atoms with E-state index in [-0.39, 0.29) is 0 Å².